The van der Waals surface area contributed by atoms with E-state index in [9.17, 15) is 9.59 Å². The number of carbonyl (C=O) groups is 2. The van der Waals surface area contributed by atoms with Crippen molar-refractivity contribution in [2.45, 2.75) is 58.1 Å². The smallest absolute Gasteiger partial charge is 0.375 e. The maximum Gasteiger partial charge on any atom is 0.375 e. The number of rotatable bonds is 4. The number of amides is 1. The highest BCUT2D eigenvalue weighted by atomic mass is 16.6. The fourth-order valence-corrected chi connectivity index (χ4v) is 3.20. The van der Waals surface area contributed by atoms with E-state index in [-0.39, 0.29) is 17.7 Å². The van der Waals surface area contributed by atoms with Gasteiger partial charge in [-0.1, -0.05) is 37.5 Å². The fourth-order valence-electron chi connectivity index (χ4n) is 3.20. The van der Waals surface area contributed by atoms with Crippen molar-refractivity contribution in [2.75, 3.05) is 0 Å². The van der Waals surface area contributed by atoms with Crippen molar-refractivity contribution in [1.29, 1.82) is 0 Å². The molecule has 1 aliphatic rings. The summed E-state index contributed by atoms with van der Waals surface area (Å²) in [4.78, 5) is 24.6. The molecule has 0 radical (unpaired) electrons. The third-order valence-electron chi connectivity index (χ3n) is 4.63. The van der Waals surface area contributed by atoms with Crippen molar-refractivity contribution in [3.63, 3.8) is 0 Å². The average Bonchev–Trinajstić information content (AvgIpc) is 2.93. The van der Waals surface area contributed by atoms with E-state index < -0.39 is 12.1 Å². The number of fused-ring (bicyclic) bond motifs is 1. The van der Waals surface area contributed by atoms with Crippen molar-refractivity contribution in [3.05, 3.63) is 35.6 Å². The van der Waals surface area contributed by atoms with Crippen molar-refractivity contribution in [2.24, 2.45) is 0 Å². The van der Waals surface area contributed by atoms with Crippen LogP contribution in [0.4, 0.5) is 0 Å². The molecule has 0 spiro atoms. The molecular weight excluding hydrogens is 306 g/mol. The van der Waals surface area contributed by atoms with Crippen LogP contribution in [0.15, 0.2) is 28.7 Å². The summed E-state index contributed by atoms with van der Waals surface area (Å²) in [6, 6.07) is 7.63. The van der Waals surface area contributed by atoms with Crippen LogP contribution < -0.4 is 5.32 Å². The van der Waals surface area contributed by atoms with E-state index >= 15 is 0 Å². The second-order valence-electron chi connectivity index (χ2n) is 6.44. The third-order valence-corrected chi connectivity index (χ3v) is 4.63. The molecule has 2 aromatic rings. The van der Waals surface area contributed by atoms with Gasteiger partial charge in [0.1, 0.15) is 5.58 Å². The Morgan fingerprint density at radius 2 is 1.92 bits per heavy atom. The Bertz CT molecular complexity index is 743. The number of esters is 1. The first-order chi connectivity index (χ1) is 11.6. The predicted molar refractivity (Wildman–Crippen MR) is 90.8 cm³/mol. The summed E-state index contributed by atoms with van der Waals surface area (Å²) in [6.45, 7) is 3.41. The van der Waals surface area contributed by atoms with Gasteiger partial charge >= 0.3 is 5.97 Å². The van der Waals surface area contributed by atoms with Crippen molar-refractivity contribution < 1.29 is 18.7 Å². The summed E-state index contributed by atoms with van der Waals surface area (Å²) < 4.78 is 10.9. The zero-order chi connectivity index (χ0) is 17.1. The highest BCUT2D eigenvalue weighted by Gasteiger charge is 2.25. The number of carbonyl (C=O) groups excluding carboxylic acids is 2. The fraction of sp³-hybridized carbons (Fsp3) is 0.474. The van der Waals surface area contributed by atoms with Crippen molar-refractivity contribution in [1.82, 2.24) is 5.32 Å². The van der Waals surface area contributed by atoms with Crippen LogP contribution in [0.25, 0.3) is 11.0 Å². The molecular formula is C19H23NO4. The molecule has 0 saturated heterocycles. The van der Waals surface area contributed by atoms with Gasteiger partial charge in [-0.05, 0) is 32.8 Å². The molecule has 1 amide bonds. The van der Waals surface area contributed by atoms with Crippen LogP contribution >= 0.6 is 0 Å². The number of para-hydroxylation sites is 1. The molecule has 0 bridgehead atoms. The zero-order valence-electron chi connectivity index (χ0n) is 14.1. The van der Waals surface area contributed by atoms with E-state index in [1.54, 1.807) is 13.0 Å². The molecule has 5 heteroatoms. The van der Waals surface area contributed by atoms with Gasteiger partial charge in [0.05, 0.1) is 0 Å². The van der Waals surface area contributed by atoms with Crippen LogP contribution in [-0.2, 0) is 9.53 Å². The summed E-state index contributed by atoms with van der Waals surface area (Å²) >= 11 is 0. The van der Waals surface area contributed by atoms with Gasteiger partial charge in [-0.3, -0.25) is 4.79 Å². The molecule has 3 rings (SSSR count). The predicted octanol–water partition coefficient (Wildman–Crippen LogP) is 3.74. The summed E-state index contributed by atoms with van der Waals surface area (Å²) in [5.74, 6) is -0.687. The largest absolute Gasteiger partial charge is 0.449 e. The van der Waals surface area contributed by atoms with E-state index in [1.807, 2.05) is 25.1 Å². The lowest BCUT2D eigenvalue weighted by Gasteiger charge is -2.24. The summed E-state index contributed by atoms with van der Waals surface area (Å²) in [6.07, 6.45) is 4.65. The molecule has 24 heavy (non-hydrogen) atoms. The van der Waals surface area contributed by atoms with E-state index in [1.165, 1.54) is 6.42 Å². The van der Waals surface area contributed by atoms with Crippen molar-refractivity contribution >= 4 is 22.8 Å². The van der Waals surface area contributed by atoms with Crippen LogP contribution in [-0.4, -0.2) is 24.0 Å². The first kappa shape index (κ1) is 16.6. The first-order valence-electron chi connectivity index (χ1n) is 8.55. The lowest BCUT2D eigenvalue weighted by Crippen LogP contribution is -2.42. The average molecular weight is 329 g/mol. The van der Waals surface area contributed by atoms with Gasteiger partial charge in [-0.25, -0.2) is 4.79 Å². The Balaban J connectivity index is 1.64. The number of nitrogens with one attached hydrogen (secondary N) is 1. The minimum Gasteiger partial charge on any atom is -0.449 e. The molecule has 1 aromatic heterocycles. The molecule has 0 unspecified atom stereocenters. The first-order valence-corrected chi connectivity index (χ1v) is 8.55. The van der Waals surface area contributed by atoms with Gasteiger partial charge in [0, 0.05) is 17.0 Å². The van der Waals surface area contributed by atoms with E-state index in [4.69, 9.17) is 9.15 Å². The van der Waals surface area contributed by atoms with Gasteiger partial charge < -0.3 is 14.5 Å². The van der Waals surface area contributed by atoms with Crippen LogP contribution in [0.2, 0.25) is 0 Å². The van der Waals surface area contributed by atoms with Gasteiger partial charge in [0.2, 0.25) is 5.76 Å². The Morgan fingerprint density at radius 1 is 1.21 bits per heavy atom. The highest BCUT2D eigenvalue weighted by Crippen LogP contribution is 2.25. The van der Waals surface area contributed by atoms with Crippen LogP contribution in [0.3, 0.4) is 0 Å². The maximum atomic E-state index is 12.3. The van der Waals surface area contributed by atoms with E-state index in [0.29, 0.717) is 5.58 Å². The molecule has 128 valence electrons. The molecule has 0 aliphatic heterocycles. The Hall–Kier alpha value is -2.30. The summed E-state index contributed by atoms with van der Waals surface area (Å²) in [7, 11) is 0. The maximum absolute atomic E-state index is 12.3. The Labute approximate surface area is 141 Å². The molecule has 1 saturated carbocycles. The number of hydrogen-bond donors (Lipinski definition) is 1. The van der Waals surface area contributed by atoms with Crippen LogP contribution in [0, 0.1) is 6.92 Å². The van der Waals surface area contributed by atoms with Gasteiger partial charge in [-0.2, -0.15) is 0 Å². The van der Waals surface area contributed by atoms with Crippen LogP contribution in [0.1, 0.15) is 55.1 Å². The van der Waals surface area contributed by atoms with Gasteiger partial charge in [0.25, 0.3) is 5.91 Å². The lowest BCUT2D eigenvalue weighted by atomic mass is 9.95. The van der Waals surface area contributed by atoms with Crippen molar-refractivity contribution in [3.8, 4) is 0 Å². The van der Waals surface area contributed by atoms with Gasteiger partial charge in [-0.15, -0.1) is 0 Å². The summed E-state index contributed by atoms with van der Waals surface area (Å²) in [5.41, 5.74) is 1.37. The van der Waals surface area contributed by atoms with Gasteiger partial charge in [0.15, 0.2) is 6.10 Å². The SMILES string of the molecule is Cc1c(C(=O)O[C@H](C)C(=O)NC2CCCCC2)oc2ccccc12. The zero-order valence-corrected chi connectivity index (χ0v) is 14.1. The molecule has 1 heterocycles. The molecule has 1 aliphatic carbocycles. The van der Waals surface area contributed by atoms with E-state index in [0.717, 1.165) is 36.6 Å². The number of ether oxygens (including phenoxy) is 1. The monoisotopic (exact) mass is 329 g/mol. The highest BCUT2D eigenvalue weighted by molar-refractivity contribution is 5.97. The standard InChI is InChI=1S/C19H23NO4/c1-12-15-10-6-7-11-16(15)24-17(12)19(22)23-13(2)18(21)20-14-8-4-3-5-9-14/h6-7,10-11,13-14H,3-5,8-9H2,1-2H3,(H,20,21)/t13-/m1/s1. The number of aryl methyl sites for hydroxylation is 1. The number of hydrogen-bond acceptors (Lipinski definition) is 4. The molecule has 5 nitrogen and oxygen atoms in total. The molecule has 1 fully saturated rings. The third kappa shape index (κ3) is 3.45. The van der Waals surface area contributed by atoms with E-state index in [2.05, 4.69) is 5.32 Å². The topological polar surface area (TPSA) is 68.5 Å². The quantitative estimate of drug-likeness (QED) is 0.868. The molecule has 1 N–H and O–H groups in total. The molecule has 1 aromatic carbocycles. The second kappa shape index (κ2) is 7.07. The summed E-state index contributed by atoms with van der Waals surface area (Å²) in [5, 5.41) is 3.85. The Morgan fingerprint density at radius 3 is 2.62 bits per heavy atom. The minimum atomic E-state index is -0.841. The normalized spacial score (nSPS) is 16.8. The minimum absolute atomic E-state index is 0.161. The number of furan rings is 1. The number of benzene rings is 1. The lowest BCUT2D eigenvalue weighted by molar-refractivity contribution is -0.130. The Kier molecular flexibility index (Phi) is 4.88. The van der Waals surface area contributed by atoms with Crippen LogP contribution in [0.5, 0.6) is 0 Å². The molecule has 1 atom stereocenters. The second-order valence-corrected chi connectivity index (χ2v) is 6.44.